The third-order valence-electron chi connectivity index (χ3n) is 5.11. The molecule has 0 aliphatic carbocycles. The Morgan fingerprint density at radius 2 is 1.93 bits per heavy atom. The Hall–Kier alpha value is -3.17. The molecule has 1 saturated heterocycles. The van der Waals surface area contributed by atoms with Gasteiger partial charge in [-0.05, 0) is 43.6 Å². The summed E-state index contributed by atoms with van der Waals surface area (Å²) >= 11 is 0. The number of hydrogen-bond donors (Lipinski definition) is 1. The van der Waals surface area contributed by atoms with Gasteiger partial charge in [0, 0.05) is 18.9 Å². The summed E-state index contributed by atoms with van der Waals surface area (Å²) in [6, 6.07) is 16.5. The number of nitrogens with one attached hydrogen (secondary N) is 1. The van der Waals surface area contributed by atoms with Crippen molar-refractivity contribution >= 4 is 5.88 Å². The molecule has 1 fully saturated rings. The van der Waals surface area contributed by atoms with E-state index in [1.807, 2.05) is 18.2 Å². The predicted molar refractivity (Wildman–Crippen MR) is 108 cm³/mol. The summed E-state index contributed by atoms with van der Waals surface area (Å²) < 4.78 is 5.86. The van der Waals surface area contributed by atoms with Crippen LogP contribution < -0.4 is 5.32 Å². The molecule has 6 nitrogen and oxygen atoms in total. The van der Waals surface area contributed by atoms with E-state index >= 15 is 0 Å². The van der Waals surface area contributed by atoms with E-state index in [9.17, 15) is 5.26 Å². The first-order chi connectivity index (χ1) is 13.8. The van der Waals surface area contributed by atoms with E-state index in [0.717, 1.165) is 18.7 Å². The number of oxazole rings is 1. The molecule has 0 bridgehead atoms. The molecule has 3 heterocycles. The van der Waals surface area contributed by atoms with Gasteiger partial charge in [-0.2, -0.15) is 10.2 Å². The van der Waals surface area contributed by atoms with E-state index in [1.54, 1.807) is 12.4 Å². The van der Waals surface area contributed by atoms with Crippen molar-refractivity contribution in [2.45, 2.75) is 25.3 Å². The molecular formula is C22H23N5O. The zero-order chi connectivity index (χ0) is 19.2. The van der Waals surface area contributed by atoms with Crippen LogP contribution in [0.2, 0.25) is 0 Å². The van der Waals surface area contributed by atoms with Crippen LogP contribution in [0.4, 0.5) is 5.88 Å². The Balaban J connectivity index is 1.55. The van der Waals surface area contributed by atoms with Gasteiger partial charge in [0.1, 0.15) is 6.07 Å². The third-order valence-corrected chi connectivity index (χ3v) is 5.11. The molecular weight excluding hydrogens is 350 g/mol. The van der Waals surface area contributed by atoms with Crippen LogP contribution in [0.25, 0.3) is 11.5 Å². The number of pyridine rings is 1. The summed E-state index contributed by atoms with van der Waals surface area (Å²) in [7, 11) is 0. The minimum absolute atomic E-state index is 0.222. The average molecular weight is 373 g/mol. The normalized spacial score (nSPS) is 15.7. The topological polar surface area (TPSA) is 78.0 Å². The fourth-order valence-electron chi connectivity index (χ4n) is 3.68. The van der Waals surface area contributed by atoms with E-state index in [1.165, 1.54) is 24.8 Å². The monoisotopic (exact) mass is 373 g/mol. The second-order valence-electron chi connectivity index (χ2n) is 6.95. The molecule has 2 aromatic heterocycles. The second-order valence-corrected chi connectivity index (χ2v) is 6.95. The standard InChI is InChI=1S/C22H23N5O/c23-14-19-22(28-21(26-19)18-10-7-11-24-15-18)25-16-20(17-8-3-1-4-9-17)27-12-5-2-6-13-27/h1,3-4,7-11,15,20,25H,2,5-6,12-13,16H2. The van der Waals surface area contributed by atoms with Gasteiger partial charge in [0.15, 0.2) is 0 Å². The summed E-state index contributed by atoms with van der Waals surface area (Å²) in [5.41, 5.74) is 2.29. The maximum absolute atomic E-state index is 9.47. The first kappa shape index (κ1) is 18.2. The fourth-order valence-corrected chi connectivity index (χ4v) is 3.68. The largest absolute Gasteiger partial charge is 0.419 e. The maximum atomic E-state index is 9.47. The number of piperidine rings is 1. The van der Waals surface area contributed by atoms with Gasteiger partial charge in [-0.3, -0.25) is 9.88 Å². The van der Waals surface area contributed by atoms with Gasteiger partial charge in [0.05, 0.1) is 11.6 Å². The molecule has 0 spiro atoms. The lowest BCUT2D eigenvalue weighted by Gasteiger charge is -2.35. The fraction of sp³-hybridized carbons (Fsp3) is 0.318. The van der Waals surface area contributed by atoms with Crippen molar-refractivity contribution in [1.82, 2.24) is 14.9 Å². The molecule has 6 heteroatoms. The minimum atomic E-state index is 0.222. The summed E-state index contributed by atoms with van der Waals surface area (Å²) in [6.07, 6.45) is 7.11. The highest BCUT2D eigenvalue weighted by Crippen LogP contribution is 2.28. The second kappa shape index (κ2) is 8.68. The number of benzene rings is 1. The number of nitrogens with zero attached hydrogens (tertiary/aromatic N) is 4. The van der Waals surface area contributed by atoms with E-state index in [0.29, 0.717) is 18.3 Å². The highest BCUT2D eigenvalue weighted by Gasteiger charge is 2.23. The first-order valence-corrected chi connectivity index (χ1v) is 9.69. The van der Waals surface area contributed by atoms with Gasteiger partial charge >= 0.3 is 0 Å². The van der Waals surface area contributed by atoms with Crippen LogP contribution >= 0.6 is 0 Å². The average Bonchev–Trinajstić information content (AvgIpc) is 3.19. The number of aromatic nitrogens is 2. The van der Waals surface area contributed by atoms with Crippen LogP contribution in [-0.2, 0) is 0 Å². The number of likely N-dealkylation sites (tertiary alicyclic amines) is 1. The van der Waals surface area contributed by atoms with Crippen molar-refractivity contribution in [3.63, 3.8) is 0 Å². The quantitative estimate of drug-likeness (QED) is 0.696. The highest BCUT2D eigenvalue weighted by molar-refractivity contribution is 5.57. The molecule has 1 unspecified atom stereocenters. The number of rotatable bonds is 6. The Labute approximate surface area is 164 Å². The molecule has 142 valence electrons. The molecule has 0 radical (unpaired) electrons. The van der Waals surface area contributed by atoms with Crippen molar-refractivity contribution in [3.8, 4) is 17.5 Å². The Bertz CT molecular complexity index is 927. The molecule has 28 heavy (non-hydrogen) atoms. The summed E-state index contributed by atoms with van der Waals surface area (Å²) in [4.78, 5) is 10.9. The van der Waals surface area contributed by atoms with Crippen LogP contribution in [0, 0.1) is 11.3 Å². The van der Waals surface area contributed by atoms with E-state index in [-0.39, 0.29) is 11.7 Å². The van der Waals surface area contributed by atoms with Crippen molar-refractivity contribution in [2.75, 3.05) is 25.0 Å². The molecule has 1 aliphatic heterocycles. The van der Waals surface area contributed by atoms with Crippen LogP contribution in [0.1, 0.15) is 36.6 Å². The van der Waals surface area contributed by atoms with Crippen molar-refractivity contribution in [2.24, 2.45) is 0 Å². The summed E-state index contributed by atoms with van der Waals surface area (Å²) in [5.74, 6) is 0.820. The lowest BCUT2D eigenvalue weighted by Crippen LogP contribution is -2.37. The molecule has 4 rings (SSSR count). The van der Waals surface area contributed by atoms with Crippen LogP contribution in [0.15, 0.2) is 59.3 Å². The maximum Gasteiger partial charge on any atom is 0.232 e. The van der Waals surface area contributed by atoms with Gasteiger partial charge in [-0.1, -0.05) is 36.8 Å². The van der Waals surface area contributed by atoms with E-state index in [4.69, 9.17) is 4.42 Å². The van der Waals surface area contributed by atoms with Gasteiger partial charge in [-0.15, -0.1) is 0 Å². The molecule has 1 N–H and O–H groups in total. The van der Waals surface area contributed by atoms with Crippen molar-refractivity contribution < 1.29 is 4.42 Å². The molecule has 1 atom stereocenters. The zero-order valence-electron chi connectivity index (χ0n) is 15.7. The lowest BCUT2D eigenvalue weighted by atomic mass is 10.0. The van der Waals surface area contributed by atoms with Crippen LogP contribution in [0.5, 0.6) is 0 Å². The van der Waals surface area contributed by atoms with Gasteiger partial charge in [0.25, 0.3) is 0 Å². The molecule has 0 saturated carbocycles. The van der Waals surface area contributed by atoms with E-state index in [2.05, 4.69) is 50.5 Å². The van der Waals surface area contributed by atoms with Crippen LogP contribution in [-0.4, -0.2) is 34.5 Å². The number of hydrogen-bond acceptors (Lipinski definition) is 6. The number of nitriles is 1. The predicted octanol–water partition coefficient (Wildman–Crippen LogP) is 4.25. The Kier molecular flexibility index (Phi) is 5.64. The highest BCUT2D eigenvalue weighted by atomic mass is 16.4. The Morgan fingerprint density at radius 1 is 1.11 bits per heavy atom. The first-order valence-electron chi connectivity index (χ1n) is 9.69. The van der Waals surface area contributed by atoms with Crippen LogP contribution in [0.3, 0.4) is 0 Å². The smallest absolute Gasteiger partial charge is 0.232 e. The SMILES string of the molecule is N#Cc1nc(-c2cccnc2)oc1NCC(c1ccccc1)N1CCCCC1. The Morgan fingerprint density at radius 3 is 2.64 bits per heavy atom. The zero-order valence-corrected chi connectivity index (χ0v) is 15.7. The lowest BCUT2D eigenvalue weighted by molar-refractivity contribution is 0.170. The van der Waals surface area contributed by atoms with Gasteiger partial charge in [0.2, 0.25) is 17.5 Å². The molecule has 3 aromatic rings. The van der Waals surface area contributed by atoms with Crippen molar-refractivity contribution in [1.29, 1.82) is 5.26 Å². The van der Waals surface area contributed by atoms with E-state index < -0.39 is 0 Å². The van der Waals surface area contributed by atoms with Gasteiger partial charge < -0.3 is 9.73 Å². The third kappa shape index (κ3) is 4.05. The minimum Gasteiger partial charge on any atom is -0.419 e. The summed E-state index contributed by atoms with van der Waals surface area (Å²) in [5, 5.41) is 12.8. The summed E-state index contributed by atoms with van der Waals surface area (Å²) in [6.45, 7) is 2.83. The molecule has 0 amide bonds. The molecule has 1 aliphatic rings. The van der Waals surface area contributed by atoms with Gasteiger partial charge in [-0.25, -0.2) is 0 Å². The van der Waals surface area contributed by atoms with Crippen molar-refractivity contribution in [3.05, 3.63) is 66.1 Å². The molecule has 1 aromatic carbocycles. The number of anilines is 1.